The second-order valence-electron chi connectivity index (χ2n) is 6.21. The van der Waals surface area contributed by atoms with E-state index in [2.05, 4.69) is 0 Å². The van der Waals surface area contributed by atoms with Crippen LogP contribution in [0, 0.1) is 11.3 Å². The van der Waals surface area contributed by atoms with Crippen LogP contribution >= 0.6 is 11.3 Å². The molecule has 2 aromatic rings. The number of nitriles is 1. The van der Waals surface area contributed by atoms with Crippen molar-refractivity contribution in [2.45, 2.75) is 0 Å². The summed E-state index contributed by atoms with van der Waals surface area (Å²) in [4.78, 5) is 40.3. The summed E-state index contributed by atoms with van der Waals surface area (Å²) in [5, 5.41) is 10.8. The fraction of sp³-hybridized carbons (Fsp3) is 0.300. The molecule has 1 aromatic heterocycles. The maximum absolute atomic E-state index is 12.3. The van der Waals surface area contributed by atoms with Crippen LogP contribution in [0.1, 0.15) is 15.2 Å². The smallest absolute Gasteiger partial charge is 0.344 e. The van der Waals surface area contributed by atoms with Crippen molar-refractivity contribution >= 4 is 29.1 Å². The fourth-order valence-corrected chi connectivity index (χ4v) is 3.50. The number of benzene rings is 1. The van der Waals surface area contributed by atoms with Gasteiger partial charge in [-0.15, -0.1) is 11.3 Å². The summed E-state index contributed by atoms with van der Waals surface area (Å²) in [5.41, 5.74) is 0.311. The molecule has 3 rings (SSSR count). The van der Waals surface area contributed by atoms with Gasteiger partial charge in [-0.05, 0) is 23.6 Å². The molecule has 1 aliphatic heterocycles. The molecule has 8 nitrogen and oxygen atoms in total. The summed E-state index contributed by atoms with van der Waals surface area (Å²) in [7, 11) is 0. The van der Waals surface area contributed by atoms with E-state index in [4.69, 9.17) is 14.7 Å². The number of carbonyl (C=O) groups is 3. The molecule has 0 bridgehead atoms. The minimum absolute atomic E-state index is 0.0340. The lowest BCUT2D eigenvalue weighted by atomic mass is 10.2. The minimum atomic E-state index is -0.697. The van der Waals surface area contributed by atoms with E-state index in [9.17, 15) is 14.4 Å². The Morgan fingerprint density at radius 1 is 1.00 bits per heavy atom. The number of carbonyl (C=O) groups excluding carboxylic acids is 3. The molecule has 0 saturated carbocycles. The Morgan fingerprint density at radius 3 is 2.41 bits per heavy atom. The van der Waals surface area contributed by atoms with Gasteiger partial charge >= 0.3 is 5.97 Å². The summed E-state index contributed by atoms with van der Waals surface area (Å²) in [6.07, 6.45) is 0. The molecule has 0 N–H and O–H groups in total. The first kappa shape index (κ1) is 20.4. The van der Waals surface area contributed by atoms with Gasteiger partial charge in [0.25, 0.3) is 11.8 Å². The molecule has 2 amide bonds. The Hall–Kier alpha value is -3.38. The van der Waals surface area contributed by atoms with Crippen LogP contribution in [0.25, 0.3) is 0 Å². The molecule has 0 radical (unpaired) electrons. The second kappa shape index (κ2) is 9.71. The van der Waals surface area contributed by atoms with Gasteiger partial charge in [0.2, 0.25) is 0 Å². The van der Waals surface area contributed by atoms with Gasteiger partial charge in [-0.25, -0.2) is 4.79 Å². The van der Waals surface area contributed by atoms with Gasteiger partial charge in [-0.1, -0.05) is 18.2 Å². The Balaban J connectivity index is 1.39. The first-order valence-electron chi connectivity index (χ1n) is 8.96. The topological polar surface area (TPSA) is 99.9 Å². The Labute approximate surface area is 171 Å². The molecule has 0 unspecified atom stereocenters. The monoisotopic (exact) mass is 413 g/mol. The Bertz CT molecular complexity index is 914. The van der Waals surface area contributed by atoms with Gasteiger partial charge in [-0.3, -0.25) is 9.59 Å². The van der Waals surface area contributed by atoms with Gasteiger partial charge in [0.15, 0.2) is 13.2 Å². The largest absolute Gasteiger partial charge is 0.481 e. The lowest BCUT2D eigenvalue weighted by Crippen LogP contribution is -2.51. The molecule has 0 aliphatic carbocycles. The molecule has 0 spiro atoms. The van der Waals surface area contributed by atoms with Crippen molar-refractivity contribution in [2.75, 3.05) is 39.4 Å². The van der Waals surface area contributed by atoms with E-state index in [1.165, 1.54) is 11.3 Å². The van der Waals surface area contributed by atoms with Crippen LogP contribution in [0.3, 0.4) is 0 Å². The lowest BCUT2D eigenvalue weighted by Gasteiger charge is -2.34. The van der Waals surface area contributed by atoms with Gasteiger partial charge < -0.3 is 19.3 Å². The molecule has 9 heteroatoms. The van der Waals surface area contributed by atoms with Crippen LogP contribution in [0.15, 0.2) is 41.8 Å². The van der Waals surface area contributed by atoms with Crippen LogP contribution in [-0.4, -0.2) is 67.0 Å². The molecule has 29 heavy (non-hydrogen) atoms. The zero-order chi connectivity index (χ0) is 20.6. The summed E-state index contributed by atoms with van der Waals surface area (Å²) >= 11 is 1.39. The van der Waals surface area contributed by atoms with E-state index < -0.39 is 12.6 Å². The number of esters is 1. The predicted molar refractivity (Wildman–Crippen MR) is 104 cm³/mol. The van der Waals surface area contributed by atoms with Crippen molar-refractivity contribution in [3.8, 4) is 11.8 Å². The van der Waals surface area contributed by atoms with E-state index in [-0.39, 0.29) is 24.2 Å². The quantitative estimate of drug-likeness (QED) is 0.666. The van der Waals surface area contributed by atoms with Crippen molar-refractivity contribution < 1.29 is 23.9 Å². The van der Waals surface area contributed by atoms with Crippen molar-refractivity contribution in [3.05, 3.63) is 52.2 Å². The van der Waals surface area contributed by atoms with Crippen LogP contribution < -0.4 is 4.74 Å². The van der Waals surface area contributed by atoms with Crippen LogP contribution in [0.4, 0.5) is 0 Å². The molecule has 1 saturated heterocycles. The Kier molecular flexibility index (Phi) is 6.81. The Morgan fingerprint density at radius 2 is 1.72 bits per heavy atom. The average Bonchev–Trinajstić information content (AvgIpc) is 3.30. The maximum atomic E-state index is 12.3. The number of piperazine rings is 1. The first-order valence-corrected chi connectivity index (χ1v) is 9.84. The van der Waals surface area contributed by atoms with Crippen molar-refractivity contribution in [1.82, 2.24) is 9.80 Å². The first-order chi connectivity index (χ1) is 14.1. The SMILES string of the molecule is N#Cc1ccccc1OCC(=O)OCC(=O)N1CCN(C(=O)c2cccs2)CC1. The van der Waals surface area contributed by atoms with Gasteiger partial charge in [0.1, 0.15) is 11.8 Å². The number of para-hydroxylation sites is 1. The van der Waals surface area contributed by atoms with Crippen LogP contribution in [0.2, 0.25) is 0 Å². The molecular weight excluding hydrogens is 394 g/mol. The van der Waals surface area contributed by atoms with Crippen LogP contribution in [0.5, 0.6) is 5.75 Å². The maximum Gasteiger partial charge on any atom is 0.344 e. The van der Waals surface area contributed by atoms with Gasteiger partial charge in [-0.2, -0.15) is 5.26 Å². The summed E-state index contributed by atoms with van der Waals surface area (Å²) in [6, 6.07) is 12.1. The standard InChI is InChI=1S/C20H19N3O5S/c21-12-15-4-1-2-5-16(15)27-14-19(25)28-13-18(24)22-7-9-23(10-8-22)20(26)17-6-3-11-29-17/h1-6,11H,7-10,13-14H2. The highest BCUT2D eigenvalue weighted by Crippen LogP contribution is 2.16. The molecule has 1 aliphatic rings. The number of rotatable bonds is 6. The van der Waals surface area contributed by atoms with Crippen LogP contribution in [-0.2, 0) is 14.3 Å². The normalized spacial score (nSPS) is 13.5. The van der Waals surface area contributed by atoms with Crippen molar-refractivity contribution in [2.24, 2.45) is 0 Å². The third-order valence-electron chi connectivity index (χ3n) is 4.36. The van der Waals surface area contributed by atoms with E-state index in [1.54, 1.807) is 40.1 Å². The second-order valence-corrected chi connectivity index (χ2v) is 7.16. The molecular formula is C20H19N3O5S. The average molecular weight is 413 g/mol. The van der Waals surface area contributed by atoms with Crippen molar-refractivity contribution in [3.63, 3.8) is 0 Å². The zero-order valence-corrected chi connectivity index (χ0v) is 16.4. The molecule has 150 valence electrons. The number of thiophene rings is 1. The van der Waals surface area contributed by atoms with E-state index in [0.717, 1.165) is 0 Å². The number of ether oxygens (including phenoxy) is 2. The van der Waals surface area contributed by atoms with E-state index in [0.29, 0.717) is 36.6 Å². The predicted octanol–water partition coefficient (Wildman–Crippen LogP) is 1.53. The highest BCUT2D eigenvalue weighted by Gasteiger charge is 2.25. The number of amides is 2. The summed E-state index contributed by atoms with van der Waals surface area (Å²) < 4.78 is 10.2. The number of hydrogen-bond acceptors (Lipinski definition) is 7. The van der Waals surface area contributed by atoms with Gasteiger partial charge in [0.05, 0.1) is 10.4 Å². The number of nitrogens with zero attached hydrogens (tertiary/aromatic N) is 3. The molecule has 0 atom stereocenters. The van der Waals surface area contributed by atoms with E-state index in [1.807, 2.05) is 17.5 Å². The molecule has 2 heterocycles. The minimum Gasteiger partial charge on any atom is -0.481 e. The zero-order valence-electron chi connectivity index (χ0n) is 15.6. The lowest BCUT2D eigenvalue weighted by molar-refractivity contribution is -0.154. The summed E-state index contributed by atoms with van der Waals surface area (Å²) in [5.74, 6) is -0.769. The van der Waals surface area contributed by atoms with Gasteiger partial charge in [0, 0.05) is 26.2 Å². The molecule has 1 fully saturated rings. The highest BCUT2D eigenvalue weighted by atomic mass is 32.1. The third-order valence-corrected chi connectivity index (χ3v) is 5.22. The molecule has 1 aromatic carbocycles. The fourth-order valence-electron chi connectivity index (χ4n) is 2.81. The van der Waals surface area contributed by atoms with E-state index >= 15 is 0 Å². The van der Waals surface area contributed by atoms with Crippen molar-refractivity contribution in [1.29, 1.82) is 5.26 Å². The number of hydrogen-bond donors (Lipinski definition) is 0. The summed E-state index contributed by atoms with van der Waals surface area (Å²) in [6.45, 7) is 0.865. The third kappa shape index (κ3) is 5.33. The highest BCUT2D eigenvalue weighted by molar-refractivity contribution is 7.12.